The van der Waals surface area contributed by atoms with E-state index in [1.807, 2.05) is 26.0 Å². The number of aromatic nitrogens is 1. The number of carbonyl (C=O) groups is 2. The van der Waals surface area contributed by atoms with Gasteiger partial charge in [0.25, 0.3) is 5.91 Å². The number of hydrogen-bond acceptors (Lipinski definition) is 5. The number of ether oxygens (including phenoxy) is 1. The summed E-state index contributed by atoms with van der Waals surface area (Å²) in [5.74, 6) is -0.800. The Kier molecular flexibility index (Phi) is 6.70. The van der Waals surface area contributed by atoms with Gasteiger partial charge in [0.15, 0.2) is 6.61 Å². The van der Waals surface area contributed by atoms with Crippen molar-refractivity contribution in [2.75, 3.05) is 6.61 Å². The van der Waals surface area contributed by atoms with Crippen LogP contribution in [0, 0.1) is 6.92 Å². The fourth-order valence-electron chi connectivity index (χ4n) is 2.21. The van der Waals surface area contributed by atoms with Crippen molar-refractivity contribution in [2.24, 2.45) is 0 Å². The molecular formula is C19H24N2O3S. The summed E-state index contributed by atoms with van der Waals surface area (Å²) in [5.41, 5.74) is 2.84. The van der Waals surface area contributed by atoms with E-state index in [1.165, 1.54) is 16.9 Å². The lowest BCUT2D eigenvalue weighted by molar-refractivity contribution is -0.124. The summed E-state index contributed by atoms with van der Waals surface area (Å²) in [4.78, 5) is 28.9. The van der Waals surface area contributed by atoms with Gasteiger partial charge < -0.3 is 10.1 Å². The zero-order valence-electron chi connectivity index (χ0n) is 15.1. The van der Waals surface area contributed by atoms with Crippen molar-refractivity contribution in [2.45, 2.75) is 46.6 Å². The number of nitrogens with zero attached hydrogens (tertiary/aromatic N) is 1. The van der Waals surface area contributed by atoms with Crippen molar-refractivity contribution in [3.63, 3.8) is 0 Å². The average molecular weight is 360 g/mol. The molecule has 134 valence electrons. The van der Waals surface area contributed by atoms with Crippen LogP contribution in [0.4, 0.5) is 0 Å². The molecule has 1 aromatic carbocycles. The molecule has 1 aromatic heterocycles. The topological polar surface area (TPSA) is 68.3 Å². The first-order chi connectivity index (χ1) is 11.9. The predicted octanol–water partition coefficient (Wildman–Crippen LogP) is 3.75. The summed E-state index contributed by atoms with van der Waals surface area (Å²) in [5, 5.41) is 3.54. The van der Waals surface area contributed by atoms with E-state index < -0.39 is 5.97 Å². The number of thiazole rings is 1. The van der Waals surface area contributed by atoms with Gasteiger partial charge in [-0.1, -0.05) is 38.1 Å². The van der Waals surface area contributed by atoms with Gasteiger partial charge in [-0.25, -0.2) is 9.78 Å². The van der Waals surface area contributed by atoms with Gasteiger partial charge in [0.2, 0.25) is 0 Å². The molecule has 0 unspecified atom stereocenters. The first-order valence-electron chi connectivity index (χ1n) is 8.47. The number of carbonyl (C=O) groups excluding carboxylic acids is 2. The lowest BCUT2D eigenvalue weighted by Gasteiger charge is -2.11. The third-order valence-corrected chi connectivity index (χ3v) is 5.13. The summed E-state index contributed by atoms with van der Waals surface area (Å²) >= 11 is 1.29. The van der Waals surface area contributed by atoms with E-state index in [2.05, 4.69) is 29.4 Å². The molecule has 0 bridgehead atoms. The zero-order valence-corrected chi connectivity index (χ0v) is 15.9. The molecule has 0 saturated carbocycles. The monoisotopic (exact) mass is 360 g/mol. The van der Waals surface area contributed by atoms with Crippen LogP contribution in [0.5, 0.6) is 0 Å². The van der Waals surface area contributed by atoms with Crippen LogP contribution in [0.2, 0.25) is 0 Å². The minimum Gasteiger partial charge on any atom is -0.451 e. The van der Waals surface area contributed by atoms with Crippen LogP contribution >= 0.6 is 11.3 Å². The second-order valence-corrected chi connectivity index (χ2v) is 6.94. The molecule has 0 fully saturated rings. The average Bonchev–Trinajstić information content (AvgIpc) is 3.01. The minimum atomic E-state index is -0.509. The van der Waals surface area contributed by atoms with Gasteiger partial charge in [0.1, 0.15) is 9.88 Å². The summed E-state index contributed by atoms with van der Waals surface area (Å²) in [6.07, 6.45) is 1.81. The van der Waals surface area contributed by atoms with Crippen molar-refractivity contribution < 1.29 is 14.3 Å². The van der Waals surface area contributed by atoms with Gasteiger partial charge >= 0.3 is 5.97 Å². The van der Waals surface area contributed by atoms with Crippen LogP contribution in [0.1, 0.15) is 48.1 Å². The molecule has 1 atom stereocenters. The van der Waals surface area contributed by atoms with Gasteiger partial charge in [0.05, 0.1) is 5.69 Å². The Morgan fingerprint density at radius 1 is 1.24 bits per heavy atom. The van der Waals surface area contributed by atoms with Crippen molar-refractivity contribution in [1.29, 1.82) is 0 Å². The van der Waals surface area contributed by atoms with Crippen LogP contribution in [0.25, 0.3) is 10.6 Å². The van der Waals surface area contributed by atoms with E-state index in [-0.39, 0.29) is 18.6 Å². The molecule has 6 heteroatoms. The molecule has 0 aliphatic carbocycles. The van der Waals surface area contributed by atoms with Crippen molar-refractivity contribution in [1.82, 2.24) is 10.3 Å². The largest absolute Gasteiger partial charge is 0.451 e. The Bertz CT molecular complexity index is 738. The number of hydrogen-bond donors (Lipinski definition) is 1. The van der Waals surface area contributed by atoms with E-state index >= 15 is 0 Å². The summed E-state index contributed by atoms with van der Waals surface area (Å²) in [6, 6.07) is 8.19. The lowest BCUT2D eigenvalue weighted by atomic mass is 10.1. The third kappa shape index (κ3) is 5.13. The standard InChI is InChI=1S/C19H24N2O3S/c1-5-12(3)20-16(22)11-24-19(23)17-13(4)21-18(25-17)15-9-7-14(6-2)8-10-15/h7-10,12H,5-6,11H2,1-4H3,(H,20,22)/t12-/m0/s1. The molecule has 1 amide bonds. The number of esters is 1. The maximum absolute atomic E-state index is 12.2. The Balaban J connectivity index is 2.03. The number of benzene rings is 1. The van der Waals surface area contributed by atoms with Crippen LogP contribution < -0.4 is 5.32 Å². The van der Waals surface area contributed by atoms with Gasteiger partial charge in [-0.3, -0.25) is 4.79 Å². The number of nitrogens with one attached hydrogen (secondary N) is 1. The lowest BCUT2D eigenvalue weighted by Crippen LogP contribution is -2.35. The number of aryl methyl sites for hydroxylation is 2. The molecule has 25 heavy (non-hydrogen) atoms. The van der Waals surface area contributed by atoms with E-state index in [4.69, 9.17) is 4.74 Å². The van der Waals surface area contributed by atoms with Crippen molar-refractivity contribution in [3.8, 4) is 10.6 Å². The van der Waals surface area contributed by atoms with Crippen LogP contribution in [-0.2, 0) is 16.0 Å². The van der Waals surface area contributed by atoms with E-state index in [9.17, 15) is 9.59 Å². The highest BCUT2D eigenvalue weighted by molar-refractivity contribution is 7.17. The highest BCUT2D eigenvalue weighted by atomic mass is 32.1. The van der Waals surface area contributed by atoms with E-state index in [0.717, 1.165) is 23.4 Å². The fraction of sp³-hybridized carbons (Fsp3) is 0.421. The molecule has 0 saturated heterocycles. The minimum absolute atomic E-state index is 0.0639. The Morgan fingerprint density at radius 2 is 1.92 bits per heavy atom. The quantitative estimate of drug-likeness (QED) is 0.764. The normalized spacial score (nSPS) is 11.8. The van der Waals surface area contributed by atoms with E-state index in [0.29, 0.717) is 10.6 Å². The third-order valence-electron chi connectivity index (χ3n) is 3.95. The summed E-state index contributed by atoms with van der Waals surface area (Å²) in [6.45, 7) is 7.49. The first-order valence-corrected chi connectivity index (χ1v) is 9.29. The van der Waals surface area contributed by atoms with Crippen molar-refractivity contribution >= 4 is 23.2 Å². The maximum Gasteiger partial charge on any atom is 0.350 e. The maximum atomic E-state index is 12.2. The molecule has 0 radical (unpaired) electrons. The van der Waals surface area contributed by atoms with Crippen LogP contribution in [0.3, 0.4) is 0 Å². The predicted molar refractivity (Wildman–Crippen MR) is 99.8 cm³/mol. The molecule has 0 aliphatic heterocycles. The van der Waals surface area contributed by atoms with Gasteiger partial charge in [-0.05, 0) is 32.3 Å². The Hall–Kier alpha value is -2.21. The fourth-order valence-corrected chi connectivity index (χ4v) is 3.17. The van der Waals surface area contributed by atoms with Crippen LogP contribution in [0.15, 0.2) is 24.3 Å². The summed E-state index contributed by atoms with van der Waals surface area (Å²) in [7, 11) is 0. The van der Waals surface area contributed by atoms with Crippen molar-refractivity contribution in [3.05, 3.63) is 40.4 Å². The molecule has 0 aliphatic rings. The SMILES string of the molecule is CCc1ccc(-c2nc(C)c(C(=O)OCC(=O)N[C@@H](C)CC)s2)cc1. The summed E-state index contributed by atoms with van der Waals surface area (Å²) < 4.78 is 5.12. The number of rotatable bonds is 7. The van der Waals surface area contributed by atoms with Gasteiger partial charge in [-0.2, -0.15) is 0 Å². The second-order valence-electron chi connectivity index (χ2n) is 5.94. The van der Waals surface area contributed by atoms with Gasteiger partial charge in [-0.15, -0.1) is 11.3 Å². The molecular weight excluding hydrogens is 336 g/mol. The molecule has 1 N–H and O–H groups in total. The molecule has 5 nitrogen and oxygen atoms in total. The zero-order chi connectivity index (χ0) is 18.4. The highest BCUT2D eigenvalue weighted by Crippen LogP contribution is 2.28. The Morgan fingerprint density at radius 3 is 2.52 bits per heavy atom. The highest BCUT2D eigenvalue weighted by Gasteiger charge is 2.19. The molecule has 2 rings (SSSR count). The first kappa shape index (κ1) is 19.1. The van der Waals surface area contributed by atoms with Crippen LogP contribution in [-0.4, -0.2) is 29.5 Å². The van der Waals surface area contributed by atoms with Gasteiger partial charge in [0, 0.05) is 11.6 Å². The number of amides is 1. The van der Waals surface area contributed by atoms with E-state index in [1.54, 1.807) is 6.92 Å². The molecule has 1 heterocycles. The second kappa shape index (κ2) is 8.76. The molecule has 0 spiro atoms. The smallest absolute Gasteiger partial charge is 0.350 e. The molecule has 2 aromatic rings. The Labute approximate surface area is 152 Å².